The Morgan fingerprint density at radius 2 is 1.89 bits per heavy atom. The van der Waals surface area contributed by atoms with Gasteiger partial charge in [-0.25, -0.2) is 0 Å². The summed E-state index contributed by atoms with van der Waals surface area (Å²) in [5, 5.41) is 3.56. The van der Waals surface area contributed by atoms with Crippen molar-refractivity contribution in [1.82, 2.24) is 5.32 Å². The van der Waals surface area contributed by atoms with Crippen molar-refractivity contribution in [1.29, 1.82) is 0 Å². The van der Waals surface area contributed by atoms with Gasteiger partial charge in [0.15, 0.2) is 0 Å². The van der Waals surface area contributed by atoms with Crippen molar-refractivity contribution in [2.45, 2.75) is 44.9 Å². The zero-order valence-corrected chi connectivity index (χ0v) is 12.5. The summed E-state index contributed by atoms with van der Waals surface area (Å²) < 4.78 is 5.10. The minimum Gasteiger partial charge on any atom is -0.385 e. The third-order valence-electron chi connectivity index (χ3n) is 3.49. The predicted molar refractivity (Wildman–Crippen MR) is 82.7 cm³/mol. The van der Waals surface area contributed by atoms with Gasteiger partial charge in [-0.15, -0.1) is 0 Å². The van der Waals surface area contributed by atoms with Crippen LogP contribution in [0.5, 0.6) is 0 Å². The lowest BCUT2D eigenvalue weighted by Gasteiger charge is -2.18. The molecule has 1 aromatic rings. The van der Waals surface area contributed by atoms with Gasteiger partial charge >= 0.3 is 0 Å². The molecule has 0 spiro atoms. The zero-order chi connectivity index (χ0) is 13.8. The Kier molecular flexibility index (Phi) is 9.38. The summed E-state index contributed by atoms with van der Waals surface area (Å²) in [5.41, 5.74) is 1.47. The number of hydrogen-bond acceptors (Lipinski definition) is 2. The van der Waals surface area contributed by atoms with Gasteiger partial charge in [-0.3, -0.25) is 0 Å². The summed E-state index contributed by atoms with van der Waals surface area (Å²) in [7, 11) is 1.78. The Bertz CT molecular complexity index is 299. The molecule has 0 aromatic heterocycles. The van der Waals surface area contributed by atoms with Crippen molar-refractivity contribution < 1.29 is 4.74 Å². The SMILES string of the molecule is CCCNCC(CCCCCOC)c1ccccc1. The maximum Gasteiger partial charge on any atom is 0.0462 e. The van der Waals surface area contributed by atoms with E-state index < -0.39 is 0 Å². The van der Waals surface area contributed by atoms with Crippen LogP contribution in [0.3, 0.4) is 0 Å². The van der Waals surface area contributed by atoms with Gasteiger partial charge < -0.3 is 10.1 Å². The first kappa shape index (κ1) is 16.2. The van der Waals surface area contributed by atoms with Crippen LogP contribution >= 0.6 is 0 Å². The first-order valence-corrected chi connectivity index (χ1v) is 7.63. The van der Waals surface area contributed by atoms with Crippen molar-refractivity contribution in [2.24, 2.45) is 0 Å². The number of methoxy groups -OCH3 is 1. The third kappa shape index (κ3) is 7.34. The summed E-state index contributed by atoms with van der Waals surface area (Å²) >= 11 is 0. The highest BCUT2D eigenvalue weighted by Gasteiger charge is 2.10. The molecule has 1 unspecified atom stereocenters. The molecule has 2 nitrogen and oxygen atoms in total. The first-order chi connectivity index (χ1) is 9.38. The van der Waals surface area contributed by atoms with Crippen LogP contribution < -0.4 is 5.32 Å². The molecule has 0 amide bonds. The normalized spacial score (nSPS) is 12.5. The van der Waals surface area contributed by atoms with Crippen LogP contribution in [0.25, 0.3) is 0 Å². The summed E-state index contributed by atoms with van der Waals surface area (Å²) in [6, 6.07) is 10.9. The maximum atomic E-state index is 5.10. The molecule has 2 heteroatoms. The fourth-order valence-electron chi connectivity index (χ4n) is 2.38. The molecule has 1 aromatic carbocycles. The van der Waals surface area contributed by atoms with Crippen LogP contribution in [-0.2, 0) is 4.74 Å². The molecule has 0 aliphatic heterocycles. The highest BCUT2D eigenvalue weighted by Crippen LogP contribution is 2.21. The number of ether oxygens (including phenoxy) is 1. The molecule has 0 aliphatic carbocycles. The molecule has 0 aliphatic rings. The lowest BCUT2D eigenvalue weighted by molar-refractivity contribution is 0.191. The van der Waals surface area contributed by atoms with Crippen LogP contribution in [0.1, 0.15) is 50.5 Å². The Morgan fingerprint density at radius 1 is 1.11 bits per heavy atom. The molecule has 0 radical (unpaired) electrons. The van der Waals surface area contributed by atoms with Crippen LogP contribution in [0.15, 0.2) is 30.3 Å². The van der Waals surface area contributed by atoms with Gasteiger partial charge in [0.2, 0.25) is 0 Å². The van der Waals surface area contributed by atoms with E-state index in [2.05, 4.69) is 42.6 Å². The van der Waals surface area contributed by atoms with Crippen LogP contribution in [0, 0.1) is 0 Å². The second kappa shape index (κ2) is 11.0. The number of nitrogens with one attached hydrogen (secondary N) is 1. The summed E-state index contributed by atoms with van der Waals surface area (Å²) in [6.07, 6.45) is 6.21. The van der Waals surface area contributed by atoms with Crippen molar-refractivity contribution in [3.8, 4) is 0 Å². The van der Waals surface area contributed by atoms with E-state index >= 15 is 0 Å². The molecular formula is C17H29NO. The average Bonchev–Trinajstić information content (AvgIpc) is 2.46. The maximum absolute atomic E-state index is 5.10. The van der Waals surface area contributed by atoms with E-state index in [4.69, 9.17) is 4.74 Å². The van der Waals surface area contributed by atoms with Crippen molar-refractivity contribution in [2.75, 3.05) is 26.8 Å². The fourth-order valence-corrected chi connectivity index (χ4v) is 2.38. The quantitative estimate of drug-likeness (QED) is 0.610. The van der Waals surface area contributed by atoms with E-state index in [-0.39, 0.29) is 0 Å². The molecule has 0 saturated heterocycles. The molecule has 0 heterocycles. The number of unbranched alkanes of at least 4 members (excludes halogenated alkanes) is 2. The van der Waals surface area contributed by atoms with Crippen LogP contribution in [-0.4, -0.2) is 26.8 Å². The zero-order valence-electron chi connectivity index (χ0n) is 12.5. The van der Waals surface area contributed by atoms with E-state index in [1.807, 2.05) is 0 Å². The van der Waals surface area contributed by atoms with E-state index in [1.165, 1.54) is 37.7 Å². The molecule has 1 rings (SSSR count). The minimum absolute atomic E-state index is 0.648. The topological polar surface area (TPSA) is 21.3 Å². The Hall–Kier alpha value is -0.860. The number of rotatable bonds is 11. The molecule has 1 N–H and O–H groups in total. The predicted octanol–water partition coefficient (Wildman–Crippen LogP) is 3.98. The highest BCUT2D eigenvalue weighted by molar-refractivity contribution is 5.19. The molecule has 0 bridgehead atoms. The van der Waals surface area contributed by atoms with Gasteiger partial charge in [-0.1, -0.05) is 50.1 Å². The Labute approximate surface area is 118 Å². The summed E-state index contributed by atoms with van der Waals surface area (Å²) in [6.45, 7) is 5.33. The van der Waals surface area contributed by atoms with Crippen molar-refractivity contribution >= 4 is 0 Å². The standard InChI is InChI=1S/C17H29NO/c1-3-13-18-15-17(12-8-5-9-14-19-2)16-10-6-4-7-11-16/h4,6-7,10-11,17-18H,3,5,8-9,12-15H2,1-2H3. The molecule has 0 fully saturated rings. The molecule has 108 valence electrons. The van der Waals surface area contributed by atoms with E-state index in [0.29, 0.717) is 5.92 Å². The van der Waals surface area contributed by atoms with E-state index in [0.717, 1.165) is 19.7 Å². The number of benzene rings is 1. The van der Waals surface area contributed by atoms with Gasteiger partial charge in [-0.2, -0.15) is 0 Å². The molecule has 0 saturated carbocycles. The van der Waals surface area contributed by atoms with Gasteiger partial charge in [0, 0.05) is 20.3 Å². The van der Waals surface area contributed by atoms with Crippen molar-refractivity contribution in [3.05, 3.63) is 35.9 Å². The van der Waals surface area contributed by atoms with Gasteiger partial charge in [-0.05, 0) is 37.3 Å². The van der Waals surface area contributed by atoms with E-state index in [9.17, 15) is 0 Å². The lowest BCUT2D eigenvalue weighted by atomic mass is 9.93. The third-order valence-corrected chi connectivity index (χ3v) is 3.49. The second-order valence-electron chi connectivity index (χ2n) is 5.15. The fraction of sp³-hybridized carbons (Fsp3) is 0.647. The summed E-state index contributed by atoms with van der Waals surface area (Å²) in [5.74, 6) is 0.648. The van der Waals surface area contributed by atoms with Gasteiger partial charge in [0.05, 0.1) is 0 Å². The largest absolute Gasteiger partial charge is 0.385 e. The Balaban J connectivity index is 2.36. The van der Waals surface area contributed by atoms with Crippen LogP contribution in [0.4, 0.5) is 0 Å². The monoisotopic (exact) mass is 263 g/mol. The second-order valence-corrected chi connectivity index (χ2v) is 5.15. The lowest BCUT2D eigenvalue weighted by Crippen LogP contribution is -2.22. The van der Waals surface area contributed by atoms with Gasteiger partial charge in [0.25, 0.3) is 0 Å². The average molecular weight is 263 g/mol. The molecule has 1 atom stereocenters. The smallest absolute Gasteiger partial charge is 0.0462 e. The number of hydrogen-bond donors (Lipinski definition) is 1. The van der Waals surface area contributed by atoms with E-state index in [1.54, 1.807) is 7.11 Å². The molecule has 19 heavy (non-hydrogen) atoms. The highest BCUT2D eigenvalue weighted by atomic mass is 16.5. The first-order valence-electron chi connectivity index (χ1n) is 7.63. The minimum atomic E-state index is 0.648. The van der Waals surface area contributed by atoms with Crippen LogP contribution in [0.2, 0.25) is 0 Å². The van der Waals surface area contributed by atoms with Gasteiger partial charge in [0.1, 0.15) is 0 Å². The summed E-state index contributed by atoms with van der Waals surface area (Å²) in [4.78, 5) is 0. The van der Waals surface area contributed by atoms with Crippen molar-refractivity contribution in [3.63, 3.8) is 0 Å². The molecular weight excluding hydrogens is 234 g/mol. The Morgan fingerprint density at radius 3 is 2.58 bits per heavy atom.